The van der Waals surface area contributed by atoms with Crippen molar-refractivity contribution in [1.29, 1.82) is 0 Å². The number of carboxylic acids is 2. The summed E-state index contributed by atoms with van der Waals surface area (Å²) in [6.45, 7) is 16.0. The molecule has 0 radical (unpaired) electrons. The van der Waals surface area contributed by atoms with Gasteiger partial charge in [-0.05, 0) is 30.7 Å². The van der Waals surface area contributed by atoms with E-state index in [2.05, 4.69) is 41.5 Å². The van der Waals surface area contributed by atoms with Crippen molar-refractivity contribution in [3.8, 4) is 0 Å². The highest BCUT2D eigenvalue weighted by Gasteiger charge is 2.22. The fraction of sp³-hybridized carbons (Fsp3) is 0.556. The van der Waals surface area contributed by atoms with Crippen LogP contribution in [0, 0.1) is 6.92 Å². The number of benzene rings is 1. The Balaban J connectivity index is 0.000000438. The lowest BCUT2D eigenvalue weighted by Crippen LogP contribution is -2.24. The van der Waals surface area contributed by atoms with E-state index in [1.54, 1.807) is 6.92 Å². The third-order valence-corrected chi connectivity index (χ3v) is 8.50. The van der Waals surface area contributed by atoms with Crippen LogP contribution in [0.1, 0.15) is 67.8 Å². The molecular weight excluding hydrogens is 308 g/mol. The van der Waals surface area contributed by atoms with E-state index in [1.165, 1.54) is 12.1 Å². The molecule has 0 aliphatic rings. The monoisotopic (exact) mass is 338 g/mol. The largest absolute Gasteiger partial charge is 0.478 e. The standard InChI is InChI=1S/C9H8O4.C9H22Si/c1-5-2-6(8(10)11)4-7(3-5)9(12)13;1-7(2)10(8(3)4)9(5)6/h2-4H,1H3,(H,10,11)(H,12,13);7-10H,1-6H3. The Bertz CT molecular complexity index is 485. The fourth-order valence-electron chi connectivity index (χ4n) is 3.34. The molecule has 0 bridgehead atoms. The first-order chi connectivity index (χ1) is 10.5. The van der Waals surface area contributed by atoms with E-state index >= 15 is 0 Å². The van der Waals surface area contributed by atoms with Crippen molar-refractivity contribution in [2.75, 3.05) is 0 Å². The maximum atomic E-state index is 10.5. The Morgan fingerprint density at radius 1 is 0.783 bits per heavy atom. The van der Waals surface area contributed by atoms with E-state index in [1.807, 2.05) is 0 Å². The Labute approximate surface area is 141 Å². The molecule has 23 heavy (non-hydrogen) atoms. The topological polar surface area (TPSA) is 74.6 Å². The third kappa shape index (κ3) is 7.46. The van der Waals surface area contributed by atoms with Gasteiger partial charge in [0.05, 0.1) is 11.1 Å². The van der Waals surface area contributed by atoms with Crippen molar-refractivity contribution >= 4 is 20.7 Å². The van der Waals surface area contributed by atoms with E-state index in [9.17, 15) is 9.59 Å². The van der Waals surface area contributed by atoms with Crippen molar-refractivity contribution < 1.29 is 19.8 Å². The molecule has 0 aliphatic heterocycles. The van der Waals surface area contributed by atoms with Crippen LogP contribution < -0.4 is 0 Å². The first-order valence-corrected chi connectivity index (χ1v) is 10.1. The van der Waals surface area contributed by atoms with Crippen LogP contribution in [0.15, 0.2) is 18.2 Å². The van der Waals surface area contributed by atoms with Crippen LogP contribution in [-0.2, 0) is 0 Å². The average molecular weight is 339 g/mol. The van der Waals surface area contributed by atoms with E-state index in [-0.39, 0.29) is 11.1 Å². The van der Waals surface area contributed by atoms with Gasteiger partial charge in [0.15, 0.2) is 0 Å². The summed E-state index contributed by atoms with van der Waals surface area (Å²) in [4.78, 5) is 21.1. The first kappa shape index (κ1) is 21.4. The summed E-state index contributed by atoms with van der Waals surface area (Å²) in [5.41, 5.74) is 3.53. The average Bonchev–Trinajstić information content (AvgIpc) is 2.36. The second-order valence-electron chi connectivity index (χ2n) is 7.01. The molecule has 0 spiro atoms. The lowest BCUT2D eigenvalue weighted by molar-refractivity contribution is 0.0696. The molecule has 1 aromatic carbocycles. The van der Waals surface area contributed by atoms with Gasteiger partial charge in [-0.1, -0.05) is 58.2 Å². The quantitative estimate of drug-likeness (QED) is 0.754. The zero-order valence-electron chi connectivity index (χ0n) is 15.3. The van der Waals surface area contributed by atoms with Crippen LogP contribution in [0.2, 0.25) is 16.6 Å². The minimum Gasteiger partial charge on any atom is -0.478 e. The van der Waals surface area contributed by atoms with Gasteiger partial charge in [0.2, 0.25) is 0 Å². The number of hydrogen-bond donors (Lipinski definition) is 2. The molecule has 0 fully saturated rings. The van der Waals surface area contributed by atoms with E-state index in [4.69, 9.17) is 10.2 Å². The molecule has 0 aromatic heterocycles. The summed E-state index contributed by atoms with van der Waals surface area (Å²) in [5, 5.41) is 17.2. The molecule has 130 valence electrons. The van der Waals surface area contributed by atoms with Gasteiger partial charge in [0, 0.05) is 8.80 Å². The summed E-state index contributed by atoms with van der Waals surface area (Å²) in [6, 6.07) is 3.99. The van der Waals surface area contributed by atoms with Gasteiger partial charge < -0.3 is 10.2 Å². The predicted octanol–water partition coefficient (Wildman–Crippen LogP) is 4.83. The van der Waals surface area contributed by atoms with Crippen LogP contribution in [0.4, 0.5) is 0 Å². The Hall–Kier alpha value is -1.62. The fourth-order valence-corrected chi connectivity index (χ4v) is 7.96. The molecule has 0 saturated heterocycles. The third-order valence-electron chi connectivity index (χ3n) is 3.88. The number of rotatable bonds is 5. The summed E-state index contributed by atoms with van der Waals surface area (Å²) in [7, 11) is -0.454. The SMILES string of the molecule is CC(C)[SiH](C(C)C)C(C)C.Cc1cc(C(=O)O)cc(C(=O)O)c1. The second-order valence-corrected chi connectivity index (χ2v) is 12.2. The van der Waals surface area contributed by atoms with Gasteiger partial charge in [-0.3, -0.25) is 0 Å². The molecule has 4 nitrogen and oxygen atoms in total. The van der Waals surface area contributed by atoms with Crippen LogP contribution in [0.25, 0.3) is 0 Å². The Kier molecular flexibility index (Phi) is 8.83. The van der Waals surface area contributed by atoms with Crippen LogP contribution in [0.3, 0.4) is 0 Å². The second kappa shape index (κ2) is 9.50. The number of carbonyl (C=O) groups is 2. The van der Waals surface area contributed by atoms with E-state index in [0.29, 0.717) is 5.56 Å². The lowest BCUT2D eigenvalue weighted by atomic mass is 10.1. The van der Waals surface area contributed by atoms with Gasteiger partial charge >= 0.3 is 11.9 Å². The highest BCUT2D eigenvalue weighted by atomic mass is 28.3. The molecular formula is C18H30O4Si. The normalized spacial score (nSPS) is 10.9. The number of aromatic carboxylic acids is 2. The predicted molar refractivity (Wildman–Crippen MR) is 97.5 cm³/mol. The highest BCUT2D eigenvalue weighted by Crippen LogP contribution is 2.29. The van der Waals surface area contributed by atoms with Gasteiger partial charge in [0.25, 0.3) is 0 Å². The molecule has 0 aliphatic carbocycles. The summed E-state index contributed by atoms with van der Waals surface area (Å²) in [5.74, 6) is -2.24. The summed E-state index contributed by atoms with van der Waals surface area (Å²) < 4.78 is 0. The lowest BCUT2D eigenvalue weighted by Gasteiger charge is -2.26. The maximum Gasteiger partial charge on any atom is 0.335 e. The van der Waals surface area contributed by atoms with Crippen LogP contribution in [0.5, 0.6) is 0 Å². The number of hydrogen-bond acceptors (Lipinski definition) is 2. The minimum atomic E-state index is -1.12. The van der Waals surface area contributed by atoms with Crippen molar-refractivity contribution in [3.63, 3.8) is 0 Å². The van der Waals surface area contributed by atoms with Crippen LogP contribution >= 0.6 is 0 Å². The molecule has 0 unspecified atom stereocenters. The molecule has 5 heteroatoms. The van der Waals surface area contributed by atoms with Crippen LogP contribution in [-0.4, -0.2) is 30.9 Å². The van der Waals surface area contributed by atoms with E-state index < -0.39 is 20.7 Å². The zero-order valence-corrected chi connectivity index (χ0v) is 16.4. The molecule has 0 amide bonds. The summed E-state index contributed by atoms with van der Waals surface area (Å²) >= 11 is 0. The van der Waals surface area contributed by atoms with E-state index in [0.717, 1.165) is 22.7 Å². The molecule has 0 atom stereocenters. The van der Waals surface area contributed by atoms with Crippen molar-refractivity contribution in [2.24, 2.45) is 0 Å². The molecule has 1 aromatic rings. The molecule has 1 rings (SSSR count). The zero-order chi connectivity index (χ0) is 18.3. The molecule has 2 N–H and O–H groups in total. The minimum absolute atomic E-state index is 0.00241. The van der Waals surface area contributed by atoms with Crippen molar-refractivity contribution in [3.05, 3.63) is 34.9 Å². The molecule has 0 saturated carbocycles. The maximum absolute atomic E-state index is 10.5. The van der Waals surface area contributed by atoms with Gasteiger partial charge in [-0.2, -0.15) is 0 Å². The number of aryl methyl sites for hydroxylation is 1. The molecule has 0 heterocycles. The Morgan fingerprint density at radius 3 is 1.26 bits per heavy atom. The van der Waals surface area contributed by atoms with Gasteiger partial charge in [0.1, 0.15) is 0 Å². The Morgan fingerprint density at radius 2 is 1.09 bits per heavy atom. The van der Waals surface area contributed by atoms with Crippen molar-refractivity contribution in [1.82, 2.24) is 0 Å². The smallest absolute Gasteiger partial charge is 0.335 e. The number of carboxylic acid groups (broad SMARTS) is 2. The van der Waals surface area contributed by atoms with Gasteiger partial charge in [-0.25, -0.2) is 9.59 Å². The summed E-state index contributed by atoms with van der Waals surface area (Å²) in [6.07, 6.45) is 0. The van der Waals surface area contributed by atoms with Gasteiger partial charge in [-0.15, -0.1) is 0 Å². The first-order valence-electron chi connectivity index (χ1n) is 8.05. The van der Waals surface area contributed by atoms with Crippen molar-refractivity contribution in [2.45, 2.75) is 65.1 Å². The highest BCUT2D eigenvalue weighted by molar-refractivity contribution is 6.63.